The highest BCUT2D eigenvalue weighted by molar-refractivity contribution is 6.13. The van der Waals surface area contributed by atoms with Crippen LogP contribution in [0.1, 0.15) is 214 Å². The molecule has 0 radical (unpaired) electrons. The largest absolute Gasteiger partial charge is 0.488 e. The first-order chi connectivity index (χ1) is 43.9. The zero-order valence-corrected chi connectivity index (χ0v) is 61.2. The van der Waals surface area contributed by atoms with E-state index in [-0.39, 0.29) is 47.8 Å². The monoisotopic (exact) mass is 1280 g/mol. The van der Waals surface area contributed by atoms with Crippen molar-refractivity contribution in [2.75, 3.05) is 0 Å². The van der Waals surface area contributed by atoms with Crippen molar-refractivity contribution < 1.29 is 28.3 Å². The Morgan fingerprint density at radius 1 is 0.351 bits per heavy atom. The van der Waals surface area contributed by atoms with Crippen LogP contribution in [0, 0.1) is 111 Å². The lowest BCUT2D eigenvalue weighted by atomic mass is 9.80. The lowest BCUT2D eigenvalue weighted by Gasteiger charge is -2.25. The minimum Gasteiger partial charge on any atom is -0.488 e. The average molecular weight is 1280 g/mol. The zero-order chi connectivity index (χ0) is 69.6. The quantitative estimate of drug-likeness (QED) is 0.113. The van der Waals surface area contributed by atoms with Crippen molar-refractivity contribution in [3.05, 3.63) is 140 Å². The molecule has 0 atom stereocenters. The number of aryl methyl sites for hydroxylation is 6. The first kappa shape index (κ1) is 69.5. The van der Waals surface area contributed by atoms with E-state index in [9.17, 15) is 19.2 Å². The fraction of sp³-hybridized carbons (Fsp3) is 0.474. The smallest absolute Gasteiger partial charge is 0.275 e. The average Bonchev–Trinajstić information content (AvgIpc) is 1.44. The second kappa shape index (κ2) is 26.2. The van der Waals surface area contributed by atoms with E-state index in [1.807, 2.05) is 97.6 Å². The highest BCUT2D eigenvalue weighted by atomic mass is 16.5. The van der Waals surface area contributed by atoms with Gasteiger partial charge in [-0.3, -0.25) is 37.9 Å². The van der Waals surface area contributed by atoms with Crippen LogP contribution in [0.15, 0.2) is 4.42 Å². The van der Waals surface area contributed by atoms with Crippen molar-refractivity contribution >= 4 is 45.7 Å². The number of hydrogen-bond acceptors (Lipinski definition) is 10. The first-order valence-electron chi connectivity index (χ1n) is 33.1. The fourth-order valence-corrected chi connectivity index (χ4v) is 14.1. The van der Waals surface area contributed by atoms with Crippen LogP contribution in [0.5, 0.6) is 5.75 Å². The van der Waals surface area contributed by atoms with Crippen molar-refractivity contribution in [1.82, 2.24) is 60.4 Å². The summed E-state index contributed by atoms with van der Waals surface area (Å²) in [4.78, 5) is 49.9. The van der Waals surface area contributed by atoms with Gasteiger partial charge >= 0.3 is 0 Å². The molecule has 4 aromatic carbocycles. The molecule has 0 unspecified atom stereocenters. The van der Waals surface area contributed by atoms with Gasteiger partial charge in [-0.25, -0.2) is 0 Å². The molecule has 2 aliphatic carbocycles. The molecular formula is C76H100N12O6. The molecule has 3 aliphatic rings. The van der Waals surface area contributed by atoms with Crippen molar-refractivity contribution in [3.63, 3.8) is 0 Å². The molecule has 0 fully saturated rings. The molecule has 1 aliphatic heterocycles. The fourth-order valence-electron chi connectivity index (χ4n) is 14.1. The molecule has 4 N–H and O–H groups in total. The predicted octanol–water partition coefficient (Wildman–Crippen LogP) is 14.0. The number of carbonyl (C=O) groups excluding carboxylic acids is 4. The van der Waals surface area contributed by atoms with Gasteiger partial charge in [-0.05, 0) is 279 Å². The Bertz CT molecular complexity index is 4480. The molecule has 0 spiro atoms. The molecule has 18 heteroatoms. The minimum atomic E-state index is -0.201. The topological polar surface area (TPSA) is 210 Å². The van der Waals surface area contributed by atoms with E-state index in [1.165, 1.54) is 100 Å². The van der Waals surface area contributed by atoms with Gasteiger partial charge in [-0.1, -0.05) is 0 Å². The number of rotatable bonds is 8. The van der Waals surface area contributed by atoms with Crippen LogP contribution in [0.25, 0.3) is 55.8 Å². The zero-order valence-electron chi connectivity index (χ0n) is 61.2. The summed E-state index contributed by atoms with van der Waals surface area (Å²) in [6, 6.07) is 0.342. The maximum atomic E-state index is 12.5. The van der Waals surface area contributed by atoms with Gasteiger partial charge in [0.1, 0.15) is 23.5 Å². The van der Waals surface area contributed by atoms with Crippen LogP contribution in [0.2, 0.25) is 0 Å². The van der Waals surface area contributed by atoms with E-state index in [0.29, 0.717) is 35.0 Å². The van der Waals surface area contributed by atoms with Gasteiger partial charge in [-0.2, -0.15) is 20.4 Å². The maximum absolute atomic E-state index is 12.5. The number of furan rings is 1. The lowest BCUT2D eigenvalue weighted by Crippen LogP contribution is -2.31. The lowest BCUT2D eigenvalue weighted by molar-refractivity contribution is 0.0927. The van der Waals surface area contributed by atoms with Crippen LogP contribution >= 0.6 is 0 Å². The van der Waals surface area contributed by atoms with E-state index >= 15 is 0 Å². The third-order valence-electron chi connectivity index (χ3n) is 20.4. The van der Waals surface area contributed by atoms with Crippen molar-refractivity contribution in [2.24, 2.45) is 28.2 Å². The van der Waals surface area contributed by atoms with Crippen molar-refractivity contribution in [1.29, 1.82) is 0 Å². The third kappa shape index (κ3) is 11.9. The van der Waals surface area contributed by atoms with Gasteiger partial charge in [0.15, 0.2) is 28.4 Å². The van der Waals surface area contributed by atoms with E-state index in [1.54, 1.807) is 4.68 Å². The van der Waals surface area contributed by atoms with E-state index in [0.717, 1.165) is 92.0 Å². The summed E-state index contributed by atoms with van der Waals surface area (Å²) < 4.78 is 19.5. The van der Waals surface area contributed by atoms with Crippen LogP contribution in [-0.4, -0.2) is 86.9 Å². The Balaban J connectivity index is 0.000000148. The number of benzene rings is 4. The summed E-state index contributed by atoms with van der Waals surface area (Å²) in [5.74, 6) is 0.430. The number of amides is 4. The number of carbonyl (C=O) groups is 4. The third-order valence-corrected chi connectivity index (χ3v) is 20.4. The van der Waals surface area contributed by atoms with Gasteiger partial charge in [0.05, 0.1) is 17.1 Å². The molecule has 0 saturated heterocycles. The number of fused-ring (bicyclic) bond motifs is 12. The summed E-state index contributed by atoms with van der Waals surface area (Å²) in [5.41, 5.74) is 37.3. The Morgan fingerprint density at radius 2 is 0.691 bits per heavy atom. The highest BCUT2D eigenvalue weighted by Gasteiger charge is 2.36. The summed E-state index contributed by atoms with van der Waals surface area (Å²) in [5, 5.41) is 30.8. The SMILES string of the molecule is Cc1c(C)c(C)c2c(c1C)CCc1c(C(=O)NC(C)C)nn(C)c1-2.Cc1c(C)c(C)c2c(c1C)Cc1c(C(=O)NC(C)C)nn(C)c1-2.Cc1c(C)c(C)c2c(c1C)OCc1c(C(=O)NC(C)C)nn(C)c1-2.Cc1c(C)c(C)c2c(oc3c(C(=O)NC(C)C)nn(C)c32)c1C. The standard InChI is InChI=1S/C20H27N3O.C19H25N3O2.C19H25N3O.C18H23N3O2/c1-10(2)21-20(24)18-16-9-8-15-13(5)11(3)12(4)14(6)17(15)19(16)23(7)22-18;1-9(2)20-19(23)16-14-8-24-18-13(6)11(4)10(3)12(5)15(18)17(14)22(7)21-16;1-9(2)20-19(23)17-15-8-14-12(5)10(3)11(4)13(6)16(14)18(15)22(7)21-17;1-8(2)19-18(22)14-17-15(21(7)20-14)13-11(5)9(3)10(4)12(6)16(13)23-17/h10H,8-9H2,1-7H3,(H,21,24);9H,8H2,1-7H3,(H,20,23);9H,8H2,1-7H3,(H,20,23);8H,1-7H3,(H,19,22). The molecule has 18 nitrogen and oxygen atoms in total. The number of aromatic nitrogens is 8. The second-order valence-corrected chi connectivity index (χ2v) is 27.7. The Hall–Kier alpha value is -8.80. The van der Waals surface area contributed by atoms with Crippen LogP contribution in [0.3, 0.4) is 0 Å². The molecule has 9 aromatic rings. The molecule has 12 rings (SSSR count). The van der Waals surface area contributed by atoms with Crippen LogP contribution < -0.4 is 26.0 Å². The number of nitrogens with zero attached hydrogens (tertiary/aromatic N) is 8. The number of ether oxygens (including phenoxy) is 1. The van der Waals surface area contributed by atoms with Gasteiger partial charge < -0.3 is 30.4 Å². The molecule has 0 saturated carbocycles. The summed E-state index contributed by atoms with van der Waals surface area (Å²) in [6.45, 7) is 50.4. The van der Waals surface area contributed by atoms with Crippen LogP contribution in [0.4, 0.5) is 0 Å². The number of hydrogen-bond donors (Lipinski definition) is 4. The van der Waals surface area contributed by atoms with Crippen molar-refractivity contribution in [3.8, 4) is 39.5 Å². The second-order valence-electron chi connectivity index (χ2n) is 27.7. The Kier molecular flexibility index (Phi) is 19.4. The summed E-state index contributed by atoms with van der Waals surface area (Å²) in [6.07, 6.45) is 2.65. The van der Waals surface area contributed by atoms with E-state index in [2.05, 4.69) is 152 Å². The Morgan fingerprint density at radius 3 is 1.17 bits per heavy atom. The Labute approximate surface area is 555 Å². The van der Waals surface area contributed by atoms with E-state index < -0.39 is 0 Å². The van der Waals surface area contributed by atoms with Gasteiger partial charge in [0.25, 0.3) is 23.6 Å². The predicted molar refractivity (Wildman–Crippen MR) is 377 cm³/mol. The molecule has 500 valence electrons. The highest BCUT2D eigenvalue weighted by Crippen LogP contribution is 2.47. The molecular weight excluding hydrogens is 1180 g/mol. The molecule has 5 aromatic heterocycles. The molecule has 4 amide bonds. The maximum Gasteiger partial charge on any atom is 0.275 e. The van der Waals surface area contributed by atoms with Gasteiger partial charge in [0, 0.05) is 97.5 Å². The molecule has 94 heavy (non-hydrogen) atoms. The van der Waals surface area contributed by atoms with Crippen molar-refractivity contribution in [2.45, 2.75) is 216 Å². The molecule has 6 heterocycles. The summed E-state index contributed by atoms with van der Waals surface area (Å²) >= 11 is 0. The minimum absolute atomic E-state index is 0.0527. The summed E-state index contributed by atoms with van der Waals surface area (Å²) in [7, 11) is 7.63. The van der Waals surface area contributed by atoms with Crippen LogP contribution in [-0.2, 0) is 54.1 Å². The molecule has 0 bridgehead atoms. The normalized spacial score (nSPS) is 12.5. The first-order valence-corrected chi connectivity index (χ1v) is 33.1. The number of nitrogens with one attached hydrogen (secondary N) is 4. The van der Waals surface area contributed by atoms with E-state index in [4.69, 9.17) is 9.15 Å². The van der Waals surface area contributed by atoms with Gasteiger partial charge in [0.2, 0.25) is 0 Å². The van der Waals surface area contributed by atoms with Gasteiger partial charge in [-0.15, -0.1) is 0 Å².